The van der Waals surface area contributed by atoms with Crippen molar-refractivity contribution < 1.29 is 0 Å². The Morgan fingerprint density at radius 1 is 0.219 bits per heavy atom. The summed E-state index contributed by atoms with van der Waals surface area (Å²) in [7, 11) is -2.90. The van der Waals surface area contributed by atoms with Crippen LogP contribution in [0.2, 0.25) is 0 Å². The second-order valence-corrected chi connectivity index (χ2v) is 20.7. The Bertz CT molecular complexity index is 3690. The number of aromatic nitrogens is 3. The normalized spacial score (nSPS) is 12.1. The molecule has 0 radical (unpaired) electrons. The Hall–Kier alpha value is -8.18. The standard InChI is InChI=1S/C60H41N3Si/c1-4-20-43(21-5-1)64(44-22-6-2-7-23-44,45-24-8-3-9-25-45)46-37-39-59(60(41-46)63-55-33-17-12-28-49(55)50-29-13-18-34-56(50)63)62-57-35-19-14-30-51(57)52-40-42(36-38-58(52)62)61-53-31-15-10-26-47(53)48-27-11-16-32-54(48)61/h1-41H. The van der Waals surface area contributed by atoms with Gasteiger partial charge in [-0.05, 0) is 81.4 Å². The summed E-state index contributed by atoms with van der Waals surface area (Å²) < 4.78 is 7.46. The van der Waals surface area contributed by atoms with Gasteiger partial charge in [-0.1, -0.05) is 188 Å². The van der Waals surface area contributed by atoms with Crippen LogP contribution in [-0.4, -0.2) is 21.8 Å². The summed E-state index contributed by atoms with van der Waals surface area (Å²) in [6, 6.07) is 92.4. The van der Waals surface area contributed by atoms with Crippen molar-refractivity contribution in [2.24, 2.45) is 0 Å². The van der Waals surface area contributed by atoms with E-state index in [0.717, 1.165) is 22.6 Å². The lowest BCUT2D eigenvalue weighted by Gasteiger charge is -2.35. The van der Waals surface area contributed by atoms with Crippen molar-refractivity contribution in [3.63, 3.8) is 0 Å². The number of hydrogen-bond donors (Lipinski definition) is 0. The molecule has 10 aromatic carbocycles. The molecular formula is C60H41N3Si. The van der Waals surface area contributed by atoms with Gasteiger partial charge in [-0.2, -0.15) is 0 Å². The van der Waals surface area contributed by atoms with Crippen LogP contribution in [0.25, 0.3) is 82.5 Å². The van der Waals surface area contributed by atoms with Crippen LogP contribution in [0.1, 0.15) is 0 Å². The highest BCUT2D eigenvalue weighted by Gasteiger charge is 2.42. The fraction of sp³-hybridized carbons (Fsp3) is 0. The maximum atomic E-state index is 2.54. The lowest BCUT2D eigenvalue weighted by Crippen LogP contribution is -2.74. The summed E-state index contributed by atoms with van der Waals surface area (Å²) >= 11 is 0. The second-order valence-electron chi connectivity index (χ2n) is 16.8. The van der Waals surface area contributed by atoms with E-state index in [1.807, 2.05) is 0 Å². The van der Waals surface area contributed by atoms with Gasteiger partial charge < -0.3 is 13.7 Å². The smallest absolute Gasteiger partial charge is 0.179 e. The molecule has 3 nitrogen and oxygen atoms in total. The highest BCUT2D eigenvalue weighted by atomic mass is 28.3. The van der Waals surface area contributed by atoms with Crippen molar-refractivity contribution in [1.29, 1.82) is 0 Å². The van der Waals surface area contributed by atoms with E-state index in [2.05, 4.69) is 262 Å². The molecular weight excluding hydrogens is 791 g/mol. The number of benzene rings is 10. The summed E-state index contributed by atoms with van der Waals surface area (Å²) in [5.41, 5.74) is 10.5. The van der Waals surface area contributed by atoms with E-state index in [9.17, 15) is 0 Å². The van der Waals surface area contributed by atoms with Crippen LogP contribution in [0.15, 0.2) is 249 Å². The second kappa shape index (κ2) is 14.5. The molecule has 0 aliphatic heterocycles. The van der Waals surface area contributed by atoms with Crippen LogP contribution in [-0.2, 0) is 0 Å². The molecule has 0 aliphatic carbocycles. The molecule has 0 saturated carbocycles. The molecule has 0 aliphatic rings. The zero-order valence-electron chi connectivity index (χ0n) is 35.0. The minimum Gasteiger partial charge on any atom is -0.309 e. The number of hydrogen-bond acceptors (Lipinski definition) is 0. The van der Waals surface area contributed by atoms with Crippen molar-refractivity contribution >= 4 is 94.2 Å². The molecule has 64 heavy (non-hydrogen) atoms. The van der Waals surface area contributed by atoms with Crippen LogP contribution >= 0.6 is 0 Å². The zero-order chi connectivity index (χ0) is 42.2. The van der Waals surface area contributed by atoms with Crippen molar-refractivity contribution in [3.8, 4) is 17.1 Å². The molecule has 0 atom stereocenters. The van der Waals surface area contributed by atoms with Gasteiger partial charge in [0, 0.05) is 38.0 Å². The molecule has 0 amide bonds. The molecule has 0 spiro atoms. The monoisotopic (exact) mass is 831 g/mol. The Kier molecular flexibility index (Phi) is 8.23. The van der Waals surface area contributed by atoms with E-state index < -0.39 is 8.07 Å². The van der Waals surface area contributed by atoms with Gasteiger partial charge >= 0.3 is 0 Å². The van der Waals surface area contributed by atoms with Crippen molar-refractivity contribution in [2.45, 2.75) is 0 Å². The van der Waals surface area contributed by atoms with Gasteiger partial charge in [-0.25, -0.2) is 0 Å². The Morgan fingerprint density at radius 2 is 0.562 bits per heavy atom. The average molecular weight is 832 g/mol. The van der Waals surface area contributed by atoms with E-state index in [1.165, 1.54) is 80.6 Å². The fourth-order valence-corrected chi connectivity index (χ4v) is 15.7. The molecule has 13 rings (SSSR count). The minimum absolute atomic E-state index is 1.13. The first-order valence-electron chi connectivity index (χ1n) is 22.1. The molecule has 4 heteroatoms. The lowest BCUT2D eigenvalue weighted by molar-refractivity contribution is 1.10. The maximum absolute atomic E-state index is 2.90. The van der Waals surface area contributed by atoms with E-state index in [4.69, 9.17) is 0 Å². The first-order chi connectivity index (χ1) is 31.8. The van der Waals surface area contributed by atoms with Gasteiger partial charge in [-0.3, -0.25) is 0 Å². The first kappa shape index (κ1) is 36.5. The largest absolute Gasteiger partial charge is 0.309 e. The summed E-state index contributed by atoms with van der Waals surface area (Å²) in [4.78, 5) is 0. The van der Waals surface area contributed by atoms with E-state index >= 15 is 0 Å². The third-order valence-corrected chi connectivity index (χ3v) is 18.4. The van der Waals surface area contributed by atoms with Crippen LogP contribution < -0.4 is 20.7 Å². The number of nitrogens with zero attached hydrogens (tertiary/aromatic N) is 3. The average Bonchev–Trinajstić information content (AvgIpc) is 4.01. The molecule has 0 saturated heterocycles. The van der Waals surface area contributed by atoms with E-state index in [-0.39, 0.29) is 0 Å². The van der Waals surface area contributed by atoms with Gasteiger partial charge in [0.1, 0.15) is 0 Å². The van der Waals surface area contributed by atoms with Gasteiger partial charge in [0.2, 0.25) is 0 Å². The van der Waals surface area contributed by atoms with Crippen LogP contribution in [0.3, 0.4) is 0 Å². The highest BCUT2D eigenvalue weighted by Crippen LogP contribution is 2.40. The van der Waals surface area contributed by atoms with Crippen LogP contribution in [0.4, 0.5) is 0 Å². The van der Waals surface area contributed by atoms with Gasteiger partial charge in [0.05, 0.1) is 44.5 Å². The van der Waals surface area contributed by atoms with E-state index in [1.54, 1.807) is 0 Å². The summed E-state index contributed by atoms with van der Waals surface area (Å²) in [5, 5.41) is 12.8. The summed E-state index contributed by atoms with van der Waals surface area (Å²) in [6.07, 6.45) is 0. The van der Waals surface area contributed by atoms with Gasteiger partial charge in [-0.15, -0.1) is 0 Å². The molecule has 0 fully saturated rings. The van der Waals surface area contributed by atoms with Gasteiger partial charge in [0.25, 0.3) is 0 Å². The number of rotatable bonds is 7. The Morgan fingerprint density at radius 3 is 1.00 bits per heavy atom. The van der Waals surface area contributed by atoms with Crippen LogP contribution in [0, 0.1) is 0 Å². The molecule has 0 unspecified atom stereocenters. The predicted molar refractivity (Wildman–Crippen MR) is 273 cm³/mol. The lowest BCUT2D eigenvalue weighted by atomic mass is 10.1. The number of para-hydroxylation sites is 5. The third kappa shape index (κ3) is 5.27. The van der Waals surface area contributed by atoms with Gasteiger partial charge in [0.15, 0.2) is 8.07 Å². The Balaban J connectivity index is 1.15. The molecule has 3 heterocycles. The topological polar surface area (TPSA) is 14.8 Å². The minimum atomic E-state index is -2.90. The predicted octanol–water partition coefficient (Wildman–Crippen LogP) is 12.4. The summed E-state index contributed by atoms with van der Waals surface area (Å²) in [5.74, 6) is 0. The van der Waals surface area contributed by atoms with Crippen LogP contribution in [0.5, 0.6) is 0 Å². The molecule has 13 aromatic rings. The fourth-order valence-electron chi connectivity index (χ4n) is 10.9. The quantitative estimate of drug-likeness (QED) is 0.112. The highest BCUT2D eigenvalue weighted by molar-refractivity contribution is 7.19. The van der Waals surface area contributed by atoms with Crippen molar-refractivity contribution in [3.05, 3.63) is 249 Å². The third-order valence-electron chi connectivity index (χ3n) is 13.6. The zero-order valence-corrected chi connectivity index (χ0v) is 36.0. The van der Waals surface area contributed by atoms with Crippen molar-refractivity contribution in [1.82, 2.24) is 13.7 Å². The molecule has 0 bridgehead atoms. The molecule has 0 N–H and O–H groups in total. The van der Waals surface area contributed by atoms with E-state index in [0.29, 0.717) is 0 Å². The molecule has 3 aromatic heterocycles. The Labute approximate surface area is 372 Å². The SMILES string of the molecule is c1ccc([Si](c2ccccc2)(c2ccccc2)c2ccc(-n3c4ccccc4c4cc(-n5c6ccccc6c6ccccc65)ccc43)c(-n3c4ccccc4c4ccccc43)c2)cc1. The number of fused-ring (bicyclic) bond motifs is 9. The van der Waals surface area contributed by atoms with Crippen molar-refractivity contribution in [2.75, 3.05) is 0 Å². The summed E-state index contributed by atoms with van der Waals surface area (Å²) in [6.45, 7) is 0. The molecule has 300 valence electrons. The maximum Gasteiger partial charge on any atom is 0.179 e. The first-order valence-corrected chi connectivity index (χ1v) is 24.1.